The Morgan fingerprint density at radius 2 is 1.53 bits per heavy atom. The van der Waals surface area contributed by atoms with Crippen LogP contribution < -0.4 is 21.7 Å². The smallest absolute Gasteiger partial charge is 0.326 e. The van der Waals surface area contributed by atoms with Gasteiger partial charge < -0.3 is 42.0 Å². The van der Waals surface area contributed by atoms with E-state index in [2.05, 4.69) is 20.9 Å². The van der Waals surface area contributed by atoms with E-state index < -0.39 is 66.9 Å². The number of aliphatic hydroxyl groups is 1. The fourth-order valence-electron chi connectivity index (χ4n) is 3.87. The van der Waals surface area contributed by atoms with Gasteiger partial charge in [0, 0.05) is 29.9 Å². The van der Waals surface area contributed by atoms with E-state index in [1.54, 1.807) is 20.0 Å². The summed E-state index contributed by atoms with van der Waals surface area (Å²) in [6.45, 7) is 2.92. The molecular formula is C25H35N5O8. The second-order valence-electron chi connectivity index (χ2n) is 9.44. The van der Waals surface area contributed by atoms with Gasteiger partial charge >= 0.3 is 11.9 Å². The monoisotopic (exact) mass is 533 g/mol. The molecule has 0 fully saturated rings. The van der Waals surface area contributed by atoms with Gasteiger partial charge in [-0.25, -0.2) is 4.79 Å². The highest BCUT2D eigenvalue weighted by atomic mass is 16.4. The second kappa shape index (κ2) is 14.1. The van der Waals surface area contributed by atoms with Crippen LogP contribution in [0.15, 0.2) is 30.5 Å². The molecule has 0 bridgehead atoms. The summed E-state index contributed by atoms with van der Waals surface area (Å²) in [7, 11) is 0. The zero-order valence-electron chi connectivity index (χ0n) is 21.3. The maximum Gasteiger partial charge on any atom is 0.326 e. The summed E-state index contributed by atoms with van der Waals surface area (Å²) < 4.78 is 0. The molecule has 3 amide bonds. The number of rotatable bonds is 15. The number of amides is 3. The SMILES string of the molecule is CC(C)CC(NC(=O)C(CCC(=O)O)NC(=O)C(N)CO)C(=O)NC(Cc1c[nH]c2ccccc12)C(=O)O. The number of nitrogens with one attached hydrogen (secondary N) is 4. The first kappa shape index (κ1) is 30.3. The molecule has 4 unspecified atom stereocenters. The number of carbonyl (C=O) groups excluding carboxylic acids is 3. The minimum atomic E-state index is -1.35. The van der Waals surface area contributed by atoms with Crippen LogP contribution >= 0.6 is 0 Å². The Morgan fingerprint density at radius 1 is 0.921 bits per heavy atom. The van der Waals surface area contributed by atoms with Crippen LogP contribution in [0.25, 0.3) is 10.9 Å². The third-order valence-corrected chi connectivity index (χ3v) is 5.87. The molecule has 1 aromatic carbocycles. The average Bonchev–Trinajstić information content (AvgIpc) is 3.27. The van der Waals surface area contributed by atoms with Crippen LogP contribution in [0.4, 0.5) is 0 Å². The Labute approximate surface area is 219 Å². The fourth-order valence-corrected chi connectivity index (χ4v) is 3.87. The lowest BCUT2D eigenvalue weighted by Crippen LogP contribution is -2.57. The summed E-state index contributed by atoms with van der Waals surface area (Å²) in [5, 5.41) is 36.0. The van der Waals surface area contributed by atoms with Crippen LogP contribution in [-0.4, -0.2) is 80.7 Å². The minimum Gasteiger partial charge on any atom is -0.481 e. The molecule has 0 aliphatic rings. The highest BCUT2D eigenvalue weighted by Crippen LogP contribution is 2.19. The first-order chi connectivity index (χ1) is 17.9. The number of aromatic amines is 1. The molecule has 0 aliphatic heterocycles. The molecule has 0 saturated carbocycles. The molecule has 13 nitrogen and oxygen atoms in total. The van der Waals surface area contributed by atoms with Gasteiger partial charge in [-0.05, 0) is 30.4 Å². The van der Waals surface area contributed by atoms with Crippen molar-refractivity contribution >= 4 is 40.6 Å². The zero-order valence-corrected chi connectivity index (χ0v) is 21.3. The van der Waals surface area contributed by atoms with Gasteiger partial charge in [0.15, 0.2) is 0 Å². The Bertz CT molecular complexity index is 1150. The van der Waals surface area contributed by atoms with E-state index >= 15 is 0 Å². The number of aliphatic carboxylic acids is 2. The fraction of sp³-hybridized carbons (Fsp3) is 0.480. The van der Waals surface area contributed by atoms with Gasteiger partial charge in [-0.2, -0.15) is 0 Å². The number of aliphatic hydroxyl groups excluding tert-OH is 1. The number of carbonyl (C=O) groups is 5. The zero-order chi connectivity index (χ0) is 28.4. The molecule has 0 aliphatic carbocycles. The van der Waals surface area contributed by atoms with E-state index in [1.807, 2.05) is 24.3 Å². The molecule has 4 atom stereocenters. The first-order valence-corrected chi connectivity index (χ1v) is 12.2. The normalized spacial score (nSPS) is 14.3. The van der Waals surface area contributed by atoms with Gasteiger partial charge in [0.2, 0.25) is 17.7 Å². The molecule has 1 aromatic heterocycles. The third kappa shape index (κ3) is 8.85. The second-order valence-corrected chi connectivity index (χ2v) is 9.44. The van der Waals surface area contributed by atoms with E-state index in [1.165, 1.54) is 0 Å². The molecule has 9 N–H and O–H groups in total. The van der Waals surface area contributed by atoms with Crippen molar-refractivity contribution in [3.05, 3.63) is 36.0 Å². The molecular weight excluding hydrogens is 498 g/mol. The lowest BCUT2D eigenvalue weighted by molar-refractivity contribution is -0.142. The number of fused-ring (bicyclic) bond motifs is 1. The van der Waals surface area contributed by atoms with Crippen molar-refractivity contribution in [2.75, 3.05) is 6.61 Å². The van der Waals surface area contributed by atoms with Crippen molar-refractivity contribution in [2.45, 2.75) is 63.7 Å². The van der Waals surface area contributed by atoms with Crippen LogP contribution in [0.3, 0.4) is 0 Å². The Hall–Kier alpha value is -3.97. The van der Waals surface area contributed by atoms with Crippen molar-refractivity contribution in [3.8, 4) is 0 Å². The van der Waals surface area contributed by atoms with Crippen molar-refractivity contribution in [1.29, 1.82) is 0 Å². The molecule has 0 spiro atoms. The lowest BCUT2D eigenvalue weighted by Gasteiger charge is -2.26. The van der Waals surface area contributed by atoms with E-state index in [0.29, 0.717) is 5.56 Å². The van der Waals surface area contributed by atoms with E-state index in [-0.39, 0.29) is 25.2 Å². The van der Waals surface area contributed by atoms with Crippen molar-refractivity contribution < 1.29 is 39.3 Å². The summed E-state index contributed by atoms with van der Waals surface area (Å²) in [5.41, 5.74) is 6.98. The molecule has 38 heavy (non-hydrogen) atoms. The van der Waals surface area contributed by atoms with Gasteiger partial charge in [0.1, 0.15) is 24.2 Å². The predicted molar refractivity (Wildman–Crippen MR) is 137 cm³/mol. The summed E-state index contributed by atoms with van der Waals surface area (Å²) >= 11 is 0. The first-order valence-electron chi connectivity index (χ1n) is 12.2. The van der Waals surface area contributed by atoms with Crippen molar-refractivity contribution in [3.63, 3.8) is 0 Å². The number of carboxylic acid groups (broad SMARTS) is 2. The topological polar surface area (TPSA) is 224 Å². The highest BCUT2D eigenvalue weighted by Gasteiger charge is 2.31. The quantitative estimate of drug-likeness (QED) is 0.147. The van der Waals surface area contributed by atoms with Crippen LogP contribution in [0.1, 0.15) is 38.7 Å². The Morgan fingerprint density at radius 3 is 2.13 bits per heavy atom. The molecule has 2 rings (SSSR count). The average molecular weight is 534 g/mol. The van der Waals surface area contributed by atoms with Crippen molar-refractivity contribution in [1.82, 2.24) is 20.9 Å². The number of H-pyrrole nitrogens is 1. The summed E-state index contributed by atoms with van der Waals surface area (Å²) in [5.74, 6) is -5.00. The molecule has 208 valence electrons. The number of hydrogen-bond donors (Lipinski definition) is 8. The summed E-state index contributed by atoms with van der Waals surface area (Å²) in [6, 6.07) is 2.19. The van der Waals surface area contributed by atoms with Gasteiger partial charge in [0.05, 0.1) is 6.61 Å². The van der Waals surface area contributed by atoms with Gasteiger partial charge in [0.25, 0.3) is 0 Å². The number of hydrogen-bond acceptors (Lipinski definition) is 7. The molecule has 0 saturated heterocycles. The third-order valence-electron chi connectivity index (χ3n) is 5.87. The summed E-state index contributed by atoms with van der Waals surface area (Å²) in [6.07, 6.45) is 1.06. The molecule has 0 radical (unpaired) electrons. The highest BCUT2D eigenvalue weighted by molar-refractivity contribution is 5.94. The van der Waals surface area contributed by atoms with Gasteiger partial charge in [-0.1, -0.05) is 32.0 Å². The Kier molecular flexibility index (Phi) is 11.2. The number of benzene rings is 1. The van der Waals surface area contributed by atoms with Gasteiger partial charge in [-0.3, -0.25) is 19.2 Å². The van der Waals surface area contributed by atoms with Crippen LogP contribution in [0.2, 0.25) is 0 Å². The number of aromatic nitrogens is 1. The maximum absolute atomic E-state index is 13.2. The minimum absolute atomic E-state index is 0.0101. The number of para-hydroxylation sites is 1. The van der Waals surface area contributed by atoms with Crippen LogP contribution in [0, 0.1) is 5.92 Å². The Balaban J connectivity index is 2.19. The van der Waals surface area contributed by atoms with Gasteiger partial charge in [-0.15, -0.1) is 0 Å². The van der Waals surface area contributed by atoms with E-state index in [9.17, 15) is 29.1 Å². The standard InChI is InChI=1S/C25H35N5O8/c1-13(2)9-19(29-23(35)18(7-8-21(32)33)28-22(34)16(26)12-31)24(36)30-20(25(37)38)10-14-11-27-17-6-4-3-5-15(14)17/h3-6,11,13,16,18-20,27,31H,7-10,12,26H2,1-2H3,(H,28,34)(H,29,35)(H,30,36)(H,32,33)(H,37,38). The van der Waals surface area contributed by atoms with E-state index in [0.717, 1.165) is 10.9 Å². The van der Waals surface area contributed by atoms with Crippen molar-refractivity contribution in [2.24, 2.45) is 11.7 Å². The largest absolute Gasteiger partial charge is 0.481 e. The lowest BCUT2D eigenvalue weighted by atomic mass is 10.0. The van der Waals surface area contributed by atoms with E-state index in [4.69, 9.17) is 15.9 Å². The predicted octanol–water partition coefficient (Wildman–Crippen LogP) is -0.520. The molecule has 1 heterocycles. The van der Waals surface area contributed by atoms with Crippen LogP contribution in [-0.2, 0) is 30.4 Å². The van der Waals surface area contributed by atoms with Crippen LogP contribution in [0.5, 0.6) is 0 Å². The number of carboxylic acids is 2. The summed E-state index contributed by atoms with van der Waals surface area (Å²) in [4.78, 5) is 64.4. The molecule has 13 heteroatoms. The molecule has 2 aromatic rings. The number of nitrogens with two attached hydrogens (primary N) is 1. The maximum atomic E-state index is 13.2.